The quantitative estimate of drug-likeness (QED) is 0.746. The molecule has 0 aliphatic carbocycles. The average Bonchev–Trinajstić information content (AvgIpc) is 2.64. The molecule has 26 heavy (non-hydrogen) atoms. The number of nitrogens with one attached hydrogen (secondary N) is 1. The normalized spacial score (nSPS) is 13.9. The highest BCUT2D eigenvalue weighted by atomic mass is 16.5. The fraction of sp³-hybridized carbons (Fsp3) is 0.300. The number of benzene rings is 2. The van der Waals surface area contributed by atoms with Gasteiger partial charge in [-0.25, -0.2) is 0 Å². The van der Waals surface area contributed by atoms with Crippen molar-refractivity contribution in [1.29, 1.82) is 0 Å². The Labute approximate surface area is 152 Å². The Hall–Kier alpha value is -2.86. The summed E-state index contributed by atoms with van der Waals surface area (Å²) in [6.45, 7) is 2.02. The number of hydrogen-bond donors (Lipinski definition) is 2. The van der Waals surface area contributed by atoms with Gasteiger partial charge in [-0.15, -0.1) is 0 Å². The Balaban J connectivity index is 1.93. The summed E-state index contributed by atoms with van der Waals surface area (Å²) in [6.07, 6.45) is 0.374. The summed E-state index contributed by atoms with van der Waals surface area (Å²) in [7, 11) is 0. The predicted molar refractivity (Wildman–Crippen MR) is 96.8 cm³/mol. The summed E-state index contributed by atoms with van der Waals surface area (Å²) in [4.78, 5) is 23.6. The zero-order valence-corrected chi connectivity index (χ0v) is 14.6. The summed E-state index contributed by atoms with van der Waals surface area (Å²) in [6, 6.07) is 14.5. The van der Waals surface area contributed by atoms with E-state index in [2.05, 4.69) is 5.32 Å². The molecule has 1 heterocycles. The molecule has 0 aromatic heterocycles. The molecule has 1 amide bonds. The maximum absolute atomic E-state index is 12.4. The molecule has 1 atom stereocenters. The number of para-hydroxylation sites is 2. The fourth-order valence-electron chi connectivity index (χ4n) is 3.09. The Morgan fingerprint density at radius 3 is 2.23 bits per heavy atom. The van der Waals surface area contributed by atoms with Crippen molar-refractivity contribution in [2.45, 2.75) is 31.8 Å². The van der Waals surface area contributed by atoms with Crippen LogP contribution in [0.1, 0.15) is 36.9 Å². The van der Waals surface area contributed by atoms with Crippen molar-refractivity contribution >= 4 is 11.9 Å². The molecule has 1 aliphatic heterocycles. The van der Waals surface area contributed by atoms with Crippen molar-refractivity contribution < 1.29 is 19.1 Å². The Morgan fingerprint density at radius 2 is 1.69 bits per heavy atom. The van der Waals surface area contributed by atoms with E-state index in [1.807, 2.05) is 48.5 Å². The third-order valence-electron chi connectivity index (χ3n) is 4.30. The minimum absolute atomic E-state index is 0.100. The highest BCUT2D eigenvalue weighted by Crippen LogP contribution is 2.42. The molecular weight excluding hydrogens is 332 g/mol. The zero-order chi connectivity index (χ0) is 18.5. The van der Waals surface area contributed by atoms with Gasteiger partial charge in [0.05, 0.1) is 12.6 Å². The van der Waals surface area contributed by atoms with E-state index in [-0.39, 0.29) is 25.5 Å². The number of rotatable bonds is 7. The van der Waals surface area contributed by atoms with Gasteiger partial charge in [-0.05, 0) is 25.5 Å². The smallest absolute Gasteiger partial charge is 0.323 e. The summed E-state index contributed by atoms with van der Waals surface area (Å²) in [5.74, 6) is 0.631. The Bertz CT molecular complexity index is 760. The lowest BCUT2D eigenvalue weighted by molar-refractivity contribution is -0.146. The van der Waals surface area contributed by atoms with Crippen LogP contribution in [0.4, 0.5) is 0 Å². The molecular formula is C20H22N2O4. The van der Waals surface area contributed by atoms with Gasteiger partial charge >= 0.3 is 5.97 Å². The van der Waals surface area contributed by atoms with E-state index >= 15 is 0 Å². The molecule has 2 aromatic carbocycles. The van der Waals surface area contributed by atoms with E-state index in [4.69, 9.17) is 15.2 Å². The maximum atomic E-state index is 12.4. The van der Waals surface area contributed by atoms with Crippen molar-refractivity contribution in [1.82, 2.24) is 5.32 Å². The van der Waals surface area contributed by atoms with Gasteiger partial charge in [0, 0.05) is 17.5 Å². The van der Waals surface area contributed by atoms with Crippen molar-refractivity contribution in [3.63, 3.8) is 0 Å². The largest absolute Gasteiger partial charge is 0.465 e. The van der Waals surface area contributed by atoms with Gasteiger partial charge in [0.2, 0.25) is 5.91 Å². The van der Waals surface area contributed by atoms with Crippen LogP contribution in [0.2, 0.25) is 0 Å². The van der Waals surface area contributed by atoms with E-state index in [9.17, 15) is 9.59 Å². The minimum Gasteiger partial charge on any atom is -0.465 e. The minimum atomic E-state index is -0.647. The molecule has 0 fully saturated rings. The first kappa shape index (κ1) is 17.9. The number of esters is 1. The molecule has 0 bridgehead atoms. The van der Waals surface area contributed by atoms with Crippen LogP contribution in [0.15, 0.2) is 48.5 Å². The van der Waals surface area contributed by atoms with Gasteiger partial charge in [0.1, 0.15) is 17.5 Å². The zero-order valence-electron chi connectivity index (χ0n) is 14.6. The molecule has 0 unspecified atom stereocenters. The van der Waals surface area contributed by atoms with Crippen molar-refractivity contribution in [2.24, 2.45) is 5.73 Å². The predicted octanol–water partition coefficient (Wildman–Crippen LogP) is 2.67. The number of ether oxygens (including phenoxy) is 2. The lowest BCUT2D eigenvalue weighted by Crippen LogP contribution is -2.42. The monoisotopic (exact) mass is 354 g/mol. The number of nitrogens with two attached hydrogens (primary N) is 1. The fourth-order valence-corrected chi connectivity index (χ4v) is 3.09. The van der Waals surface area contributed by atoms with E-state index < -0.39 is 17.9 Å². The van der Waals surface area contributed by atoms with Crippen LogP contribution in [0.3, 0.4) is 0 Å². The average molecular weight is 354 g/mol. The molecule has 0 saturated carbocycles. The van der Waals surface area contributed by atoms with Crippen LogP contribution in [0.25, 0.3) is 0 Å². The SMILES string of the molecule is CCOC(=O)[C@H](CCC(N)=O)NC1c2ccccc2Oc2ccccc21. The molecule has 2 aromatic rings. The Morgan fingerprint density at radius 1 is 1.12 bits per heavy atom. The van der Waals surface area contributed by atoms with Crippen LogP contribution in [0, 0.1) is 0 Å². The molecule has 0 saturated heterocycles. The summed E-state index contributed by atoms with van der Waals surface area (Å²) in [5.41, 5.74) is 7.12. The van der Waals surface area contributed by atoms with Gasteiger partial charge < -0.3 is 15.2 Å². The number of hydrogen-bond acceptors (Lipinski definition) is 5. The summed E-state index contributed by atoms with van der Waals surface area (Å²) >= 11 is 0. The highest BCUT2D eigenvalue weighted by Gasteiger charge is 2.31. The third-order valence-corrected chi connectivity index (χ3v) is 4.30. The van der Waals surface area contributed by atoms with Crippen LogP contribution < -0.4 is 15.8 Å². The van der Waals surface area contributed by atoms with Crippen molar-refractivity contribution in [3.05, 3.63) is 59.7 Å². The Kier molecular flexibility index (Phi) is 5.53. The molecule has 0 spiro atoms. The van der Waals surface area contributed by atoms with E-state index in [0.717, 1.165) is 22.6 Å². The molecule has 1 aliphatic rings. The van der Waals surface area contributed by atoms with Gasteiger partial charge in [-0.3, -0.25) is 14.9 Å². The lowest BCUT2D eigenvalue weighted by atomic mass is 9.93. The topological polar surface area (TPSA) is 90.7 Å². The van der Waals surface area contributed by atoms with Gasteiger partial charge in [-0.1, -0.05) is 36.4 Å². The summed E-state index contributed by atoms with van der Waals surface area (Å²) < 4.78 is 11.1. The number of fused-ring (bicyclic) bond motifs is 2. The first-order valence-electron chi connectivity index (χ1n) is 8.66. The van der Waals surface area contributed by atoms with Crippen LogP contribution in [0.5, 0.6) is 11.5 Å². The molecule has 6 nitrogen and oxygen atoms in total. The van der Waals surface area contributed by atoms with E-state index in [1.165, 1.54) is 0 Å². The second-order valence-electron chi connectivity index (χ2n) is 6.09. The lowest BCUT2D eigenvalue weighted by Gasteiger charge is -2.31. The van der Waals surface area contributed by atoms with Crippen molar-refractivity contribution in [2.75, 3.05) is 6.61 Å². The second-order valence-corrected chi connectivity index (χ2v) is 6.09. The standard InChI is InChI=1S/C20H22N2O4/c1-2-25-20(24)15(11-12-18(21)23)22-19-13-7-3-5-9-16(13)26-17-10-6-4-8-14(17)19/h3-10,15,19,22H,2,11-12H2,1H3,(H2,21,23)/t15-/m0/s1. The van der Waals surface area contributed by atoms with Crippen molar-refractivity contribution in [3.8, 4) is 11.5 Å². The maximum Gasteiger partial charge on any atom is 0.323 e. The number of carbonyl (C=O) groups is 2. The molecule has 136 valence electrons. The van der Waals surface area contributed by atoms with Gasteiger partial charge in [0.15, 0.2) is 0 Å². The van der Waals surface area contributed by atoms with Crippen LogP contribution >= 0.6 is 0 Å². The number of primary amides is 1. The van der Waals surface area contributed by atoms with Gasteiger partial charge in [0.25, 0.3) is 0 Å². The molecule has 0 radical (unpaired) electrons. The van der Waals surface area contributed by atoms with E-state index in [0.29, 0.717) is 0 Å². The first-order chi connectivity index (χ1) is 12.6. The molecule has 6 heteroatoms. The number of carbonyl (C=O) groups excluding carboxylic acids is 2. The van der Waals surface area contributed by atoms with Crippen LogP contribution in [-0.4, -0.2) is 24.5 Å². The van der Waals surface area contributed by atoms with Crippen LogP contribution in [-0.2, 0) is 14.3 Å². The molecule has 3 rings (SSSR count). The third kappa shape index (κ3) is 3.86. The summed E-state index contributed by atoms with van der Waals surface area (Å²) in [5, 5.41) is 3.35. The second kappa shape index (κ2) is 8.01. The molecule has 3 N–H and O–H groups in total. The van der Waals surface area contributed by atoms with Gasteiger partial charge in [-0.2, -0.15) is 0 Å². The highest BCUT2D eigenvalue weighted by molar-refractivity contribution is 5.78. The van der Waals surface area contributed by atoms with E-state index in [1.54, 1.807) is 6.92 Å². The first-order valence-corrected chi connectivity index (χ1v) is 8.66. The number of amides is 1.